The van der Waals surface area contributed by atoms with Crippen LogP contribution in [0.4, 0.5) is 0 Å². The predicted molar refractivity (Wildman–Crippen MR) is 74.4 cm³/mol. The molecule has 1 rings (SSSR count). The second-order valence-electron chi connectivity index (χ2n) is 4.57. The Morgan fingerprint density at radius 2 is 2.12 bits per heavy atom. The van der Waals surface area contributed by atoms with Crippen molar-refractivity contribution in [1.82, 2.24) is 10.2 Å². The fraction of sp³-hybridized carbons (Fsp3) is 0.462. The molecule has 4 heteroatoms. The number of hydrogen-bond acceptors (Lipinski definition) is 2. The zero-order valence-corrected chi connectivity index (χ0v) is 12.3. The first-order valence-electron chi connectivity index (χ1n) is 5.62. The highest BCUT2D eigenvalue weighted by atomic mass is 79.9. The second kappa shape index (κ2) is 6.17. The SMILES string of the molecule is Cc1cccc(C(=O)NC(C)CN(C)C)c1Br. The molecule has 0 aliphatic heterocycles. The van der Waals surface area contributed by atoms with Gasteiger partial charge in [-0.1, -0.05) is 12.1 Å². The summed E-state index contributed by atoms with van der Waals surface area (Å²) in [5.41, 5.74) is 1.76. The topological polar surface area (TPSA) is 32.3 Å². The molecule has 17 heavy (non-hydrogen) atoms. The van der Waals surface area contributed by atoms with E-state index in [4.69, 9.17) is 0 Å². The Kier molecular flexibility index (Phi) is 5.15. The molecule has 1 unspecified atom stereocenters. The van der Waals surface area contributed by atoms with Gasteiger partial charge in [0.05, 0.1) is 5.56 Å². The van der Waals surface area contributed by atoms with E-state index in [-0.39, 0.29) is 11.9 Å². The number of amides is 1. The third-order valence-corrected chi connectivity index (χ3v) is 3.51. The first-order valence-corrected chi connectivity index (χ1v) is 6.42. The average molecular weight is 299 g/mol. The molecule has 1 amide bonds. The van der Waals surface area contributed by atoms with E-state index in [0.29, 0.717) is 5.56 Å². The summed E-state index contributed by atoms with van der Waals surface area (Å²) in [4.78, 5) is 14.1. The van der Waals surface area contributed by atoms with Crippen molar-refractivity contribution in [2.24, 2.45) is 0 Å². The molecule has 3 nitrogen and oxygen atoms in total. The Labute approximate surface area is 111 Å². The number of nitrogens with zero attached hydrogens (tertiary/aromatic N) is 1. The quantitative estimate of drug-likeness (QED) is 0.926. The molecule has 0 saturated carbocycles. The van der Waals surface area contributed by atoms with Crippen LogP contribution in [0.15, 0.2) is 22.7 Å². The van der Waals surface area contributed by atoms with E-state index in [1.165, 1.54) is 0 Å². The third kappa shape index (κ3) is 4.13. The van der Waals surface area contributed by atoms with Gasteiger partial charge in [-0.25, -0.2) is 0 Å². The number of carbonyl (C=O) groups excluding carboxylic acids is 1. The Morgan fingerprint density at radius 3 is 2.71 bits per heavy atom. The average Bonchev–Trinajstić information content (AvgIpc) is 2.20. The van der Waals surface area contributed by atoms with Gasteiger partial charge >= 0.3 is 0 Å². The summed E-state index contributed by atoms with van der Waals surface area (Å²) >= 11 is 3.45. The van der Waals surface area contributed by atoms with Gasteiger partial charge in [0.2, 0.25) is 0 Å². The lowest BCUT2D eigenvalue weighted by Gasteiger charge is -2.18. The number of nitrogens with one attached hydrogen (secondary N) is 1. The molecular formula is C13H19BrN2O. The van der Waals surface area contributed by atoms with Crippen LogP contribution in [0.2, 0.25) is 0 Å². The maximum absolute atomic E-state index is 12.1. The molecule has 1 atom stereocenters. The van der Waals surface area contributed by atoms with Gasteiger partial charge in [-0.15, -0.1) is 0 Å². The standard InChI is InChI=1S/C13H19BrN2O/c1-9-6-5-7-11(12(9)14)13(17)15-10(2)8-16(3)4/h5-7,10H,8H2,1-4H3,(H,15,17). The largest absolute Gasteiger partial charge is 0.348 e. The second-order valence-corrected chi connectivity index (χ2v) is 5.37. The monoisotopic (exact) mass is 298 g/mol. The molecule has 0 bridgehead atoms. The lowest BCUT2D eigenvalue weighted by Crippen LogP contribution is -2.39. The summed E-state index contributed by atoms with van der Waals surface area (Å²) < 4.78 is 0.870. The van der Waals surface area contributed by atoms with Crippen molar-refractivity contribution in [1.29, 1.82) is 0 Å². The normalized spacial score (nSPS) is 12.6. The highest BCUT2D eigenvalue weighted by Gasteiger charge is 2.13. The predicted octanol–water partition coefficient (Wildman–Crippen LogP) is 2.44. The van der Waals surface area contributed by atoms with Gasteiger partial charge in [-0.3, -0.25) is 4.79 Å². The highest BCUT2D eigenvalue weighted by Crippen LogP contribution is 2.20. The Bertz CT molecular complexity index is 404. The van der Waals surface area contributed by atoms with Gasteiger partial charge in [0.1, 0.15) is 0 Å². The van der Waals surface area contributed by atoms with E-state index in [0.717, 1.165) is 16.6 Å². The lowest BCUT2D eigenvalue weighted by molar-refractivity contribution is 0.0933. The first-order chi connectivity index (χ1) is 7.91. The van der Waals surface area contributed by atoms with Crippen LogP contribution in [0.5, 0.6) is 0 Å². The fourth-order valence-electron chi connectivity index (χ4n) is 1.72. The zero-order chi connectivity index (χ0) is 13.0. The van der Waals surface area contributed by atoms with Gasteiger partial charge < -0.3 is 10.2 Å². The Hall–Kier alpha value is -0.870. The van der Waals surface area contributed by atoms with Crippen molar-refractivity contribution in [2.75, 3.05) is 20.6 Å². The molecular weight excluding hydrogens is 280 g/mol. The molecule has 0 fully saturated rings. The van der Waals surface area contributed by atoms with Crippen molar-refractivity contribution >= 4 is 21.8 Å². The summed E-state index contributed by atoms with van der Waals surface area (Å²) in [6.07, 6.45) is 0. The summed E-state index contributed by atoms with van der Waals surface area (Å²) in [5, 5.41) is 2.98. The van der Waals surface area contributed by atoms with E-state index in [1.54, 1.807) is 0 Å². The van der Waals surface area contributed by atoms with Crippen LogP contribution in [0.25, 0.3) is 0 Å². The van der Waals surface area contributed by atoms with Crippen LogP contribution in [-0.4, -0.2) is 37.5 Å². The molecule has 0 saturated heterocycles. The van der Waals surface area contributed by atoms with Crippen LogP contribution < -0.4 is 5.32 Å². The third-order valence-electron chi connectivity index (χ3n) is 2.45. The molecule has 1 aromatic carbocycles. The minimum absolute atomic E-state index is 0.0325. The smallest absolute Gasteiger partial charge is 0.252 e. The van der Waals surface area contributed by atoms with E-state index in [9.17, 15) is 4.79 Å². The molecule has 94 valence electrons. The van der Waals surface area contributed by atoms with Crippen molar-refractivity contribution in [3.8, 4) is 0 Å². The molecule has 0 heterocycles. The number of halogens is 1. The Balaban J connectivity index is 2.73. The lowest BCUT2D eigenvalue weighted by atomic mass is 10.1. The molecule has 1 N–H and O–H groups in total. The molecule has 0 aliphatic carbocycles. The van der Waals surface area contributed by atoms with Gasteiger partial charge in [0.25, 0.3) is 5.91 Å². The van der Waals surface area contributed by atoms with E-state index in [2.05, 4.69) is 26.1 Å². The first kappa shape index (κ1) is 14.2. The van der Waals surface area contributed by atoms with Gasteiger partial charge in [0, 0.05) is 17.1 Å². The molecule has 1 aromatic rings. The number of likely N-dealkylation sites (N-methyl/N-ethyl adjacent to an activating group) is 1. The summed E-state index contributed by atoms with van der Waals surface area (Å²) in [6, 6.07) is 5.83. The number of benzene rings is 1. The maximum Gasteiger partial charge on any atom is 0.252 e. The van der Waals surface area contributed by atoms with Crippen molar-refractivity contribution in [3.63, 3.8) is 0 Å². The molecule has 0 radical (unpaired) electrons. The summed E-state index contributed by atoms with van der Waals surface area (Å²) in [6.45, 7) is 4.81. The number of rotatable bonds is 4. The van der Waals surface area contributed by atoms with Gasteiger partial charge in [-0.2, -0.15) is 0 Å². The van der Waals surface area contributed by atoms with E-state index < -0.39 is 0 Å². The van der Waals surface area contributed by atoms with Crippen LogP contribution in [-0.2, 0) is 0 Å². The van der Waals surface area contributed by atoms with Gasteiger partial charge in [-0.05, 0) is 55.5 Å². The van der Waals surface area contributed by atoms with Crippen molar-refractivity contribution in [2.45, 2.75) is 19.9 Å². The summed E-state index contributed by atoms with van der Waals surface area (Å²) in [7, 11) is 3.98. The maximum atomic E-state index is 12.1. The minimum atomic E-state index is -0.0325. The molecule has 0 spiro atoms. The van der Waals surface area contributed by atoms with Crippen molar-refractivity contribution in [3.05, 3.63) is 33.8 Å². The van der Waals surface area contributed by atoms with E-state index >= 15 is 0 Å². The van der Waals surface area contributed by atoms with E-state index in [1.807, 2.05) is 46.1 Å². The number of carbonyl (C=O) groups is 1. The zero-order valence-electron chi connectivity index (χ0n) is 10.7. The number of hydrogen-bond donors (Lipinski definition) is 1. The van der Waals surface area contributed by atoms with Crippen LogP contribution >= 0.6 is 15.9 Å². The molecule has 0 aliphatic rings. The minimum Gasteiger partial charge on any atom is -0.348 e. The van der Waals surface area contributed by atoms with Crippen LogP contribution in [0.1, 0.15) is 22.8 Å². The Morgan fingerprint density at radius 1 is 1.47 bits per heavy atom. The van der Waals surface area contributed by atoms with Crippen molar-refractivity contribution < 1.29 is 4.79 Å². The number of aryl methyl sites for hydroxylation is 1. The van der Waals surface area contributed by atoms with Crippen LogP contribution in [0, 0.1) is 6.92 Å². The van der Waals surface area contributed by atoms with Gasteiger partial charge in [0.15, 0.2) is 0 Å². The summed E-state index contributed by atoms with van der Waals surface area (Å²) in [5.74, 6) is -0.0325. The molecule has 0 aromatic heterocycles. The highest BCUT2D eigenvalue weighted by molar-refractivity contribution is 9.10. The van der Waals surface area contributed by atoms with Crippen LogP contribution in [0.3, 0.4) is 0 Å². The fourth-order valence-corrected chi connectivity index (χ4v) is 2.16.